The highest BCUT2D eigenvalue weighted by atomic mass is 16.5. The number of nitrogens with one attached hydrogen (secondary N) is 1. The maximum atomic E-state index is 12.4. The number of rotatable bonds is 4. The molecule has 23 heavy (non-hydrogen) atoms. The van der Waals surface area contributed by atoms with Crippen LogP contribution < -0.4 is 5.32 Å². The second kappa shape index (κ2) is 6.62. The topological polar surface area (TPSA) is 41.6 Å². The maximum Gasteiger partial charge on any atom is 0.251 e. The number of benzene rings is 1. The van der Waals surface area contributed by atoms with Crippen molar-refractivity contribution >= 4 is 5.91 Å². The monoisotopic (exact) mass is 314 g/mol. The first-order valence-corrected chi connectivity index (χ1v) is 8.98. The third kappa shape index (κ3) is 3.43. The van der Waals surface area contributed by atoms with Crippen molar-refractivity contribution in [2.45, 2.75) is 38.3 Å². The van der Waals surface area contributed by atoms with E-state index in [0.29, 0.717) is 6.04 Å². The van der Waals surface area contributed by atoms with Crippen molar-refractivity contribution in [3.8, 4) is 0 Å². The summed E-state index contributed by atoms with van der Waals surface area (Å²) in [5.74, 6) is 1.69. The molecule has 1 heterocycles. The van der Waals surface area contributed by atoms with Crippen LogP contribution in [0.4, 0.5) is 0 Å². The first-order chi connectivity index (χ1) is 11.3. The van der Waals surface area contributed by atoms with Gasteiger partial charge in [0.2, 0.25) is 0 Å². The van der Waals surface area contributed by atoms with Gasteiger partial charge in [-0.1, -0.05) is 18.6 Å². The molecule has 0 radical (unpaired) electrons. The van der Waals surface area contributed by atoms with Crippen LogP contribution in [0, 0.1) is 11.8 Å². The summed E-state index contributed by atoms with van der Waals surface area (Å²) in [5, 5.41) is 3.26. The minimum Gasteiger partial charge on any atom is -0.379 e. The van der Waals surface area contributed by atoms with Crippen molar-refractivity contribution in [2.75, 3.05) is 26.3 Å². The van der Waals surface area contributed by atoms with Gasteiger partial charge in [0.25, 0.3) is 5.91 Å². The molecule has 1 N–H and O–H groups in total. The molecule has 1 amide bonds. The van der Waals surface area contributed by atoms with E-state index >= 15 is 0 Å². The van der Waals surface area contributed by atoms with Gasteiger partial charge in [0, 0.05) is 31.2 Å². The van der Waals surface area contributed by atoms with Crippen LogP contribution in [0.25, 0.3) is 0 Å². The van der Waals surface area contributed by atoms with Crippen molar-refractivity contribution in [3.05, 3.63) is 35.4 Å². The molecule has 2 saturated carbocycles. The highest BCUT2D eigenvalue weighted by Crippen LogP contribution is 2.44. The van der Waals surface area contributed by atoms with E-state index < -0.39 is 0 Å². The number of carbonyl (C=O) groups excluding carboxylic acids is 1. The highest BCUT2D eigenvalue weighted by Gasteiger charge is 2.40. The number of amides is 1. The lowest BCUT2D eigenvalue weighted by atomic mass is 9.95. The quantitative estimate of drug-likeness (QED) is 0.928. The number of fused-ring (bicyclic) bond motifs is 2. The Balaban J connectivity index is 1.33. The first kappa shape index (κ1) is 15.2. The third-order valence-corrected chi connectivity index (χ3v) is 5.78. The molecule has 1 saturated heterocycles. The number of ether oxygens (including phenoxy) is 1. The van der Waals surface area contributed by atoms with Gasteiger partial charge in [-0.25, -0.2) is 0 Å². The lowest BCUT2D eigenvalue weighted by molar-refractivity contribution is 0.0342. The lowest BCUT2D eigenvalue weighted by Crippen LogP contribution is -2.38. The van der Waals surface area contributed by atoms with Crippen LogP contribution in [0.1, 0.15) is 41.6 Å². The van der Waals surface area contributed by atoms with Gasteiger partial charge in [-0.15, -0.1) is 0 Å². The molecule has 4 rings (SSSR count). The maximum absolute atomic E-state index is 12.4. The van der Waals surface area contributed by atoms with Gasteiger partial charge in [0.05, 0.1) is 13.2 Å². The van der Waals surface area contributed by atoms with Gasteiger partial charge in [-0.05, 0) is 48.8 Å². The van der Waals surface area contributed by atoms with E-state index in [1.165, 1.54) is 31.2 Å². The van der Waals surface area contributed by atoms with E-state index in [4.69, 9.17) is 4.74 Å². The summed E-state index contributed by atoms with van der Waals surface area (Å²) in [7, 11) is 0. The Morgan fingerprint density at radius 2 is 1.91 bits per heavy atom. The molecule has 3 atom stereocenters. The van der Waals surface area contributed by atoms with Crippen molar-refractivity contribution in [1.29, 1.82) is 0 Å². The molecule has 3 fully saturated rings. The van der Waals surface area contributed by atoms with Crippen LogP contribution in [0.5, 0.6) is 0 Å². The van der Waals surface area contributed by atoms with E-state index in [1.807, 2.05) is 12.1 Å². The molecule has 0 spiro atoms. The molecule has 1 aromatic carbocycles. The predicted molar refractivity (Wildman–Crippen MR) is 89.2 cm³/mol. The Labute approximate surface area is 138 Å². The third-order valence-electron chi connectivity index (χ3n) is 5.78. The van der Waals surface area contributed by atoms with E-state index in [-0.39, 0.29) is 5.91 Å². The fraction of sp³-hybridized carbons (Fsp3) is 0.632. The van der Waals surface area contributed by atoms with Gasteiger partial charge in [0.1, 0.15) is 0 Å². The zero-order valence-electron chi connectivity index (χ0n) is 13.7. The second-order valence-corrected chi connectivity index (χ2v) is 7.34. The van der Waals surface area contributed by atoms with Gasteiger partial charge in [-0.2, -0.15) is 0 Å². The SMILES string of the molecule is O=C(N[C@@H]1C[C@H]2CC[C@H]1C2)c1ccc(CN2CCOCC2)cc1. The molecule has 0 unspecified atom stereocenters. The average Bonchev–Trinajstić information content (AvgIpc) is 3.19. The van der Waals surface area contributed by atoms with Gasteiger partial charge < -0.3 is 10.1 Å². The summed E-state index contributed by atoms with van der Waals surface area (Å²) in [6.45, 7) is 4.57. The average molecular weight is 314 g/mol. The van der Waals surface area contributed by atoms with E-state index in [9.17, 15) is 4.79 Å². The zero-order valence-corrected chi connectivity index (χ0v) is 13.7. The van der Waals surface area contributed by atoms with Crippen molar-refractivity contribution in [2.24, 2.45) is 11.8 Å². The minimum absolute atomic E-state index is 0.0977. The first-order valence-electron chi connectivity index (χ1n) is 8.98. The molecule has 4 nitrogen and oxygen atoms in total. The predicted octanol–water partition coefficient (Wildman–Crippen LogP) is 2.44. The summed E-state index contributed by atoms with van der Waals surface area (Å²) >= 11 is 0. The summed E-state index contributed by atoms with van der Waals surface area (Å²) in [6.07, 6.45) is 5.18. The fourth-order valence-electron chi connectivity index (χ4n) is 4.45. The smallest absolute Gasteiger partial charge is 0.251 e. The molecular formula is C19H26N2O2. The molecule has 0 aromatic heterocycles. The molecule has 1 aromatic rings. The molecular weight excluding hydrogens is 288 g/mol. The minimum atomic E-state index is 0.0977. The van der Waals surface area contributed by atoms with Crippen LogP contribution in [0.2, 0.25) is 0 Å². The standard InChI is InChI=1S/C19H26N2O2/c22-19(20-18-12-15-3-6-17(18)11-15)16-4-1-14(2-5-16)13-21-7-9-23-10-8-21/h1-2,4-5,15,17-18H,3,6-13H2,(H,20,22)/t15-,17-,18+/m0/s1. The number of hydrogen-bond donors (Lipinski definition) is 1. The van der Waals surface area contributed by atoms with E-state index in [2.05, 4.69) is 22.3 Å². The molecule has 2 bridgehead atoms. The van der Waals surface area contributed by atoms with Crippen LogP contribution in [-0.2, 0) is 11.3 Å². The molecule has 124 valence electrons. The summed E-state index contributed by atoms with van der Waals surface area (Å²) in [5.41, 5.74) is 2.06. The number of carbonyl (C=O) groups is 1. The second-order valence-electron chi connectivity index (χ2n) is 7.34. The van der Waals surface area contributed by atoms with Crippen LogP contribution >= 0.6 is 0 Å². The fourth-order valence-corrected chi connectivity index (χ4v) is 4.45. The van der Waals surface area contributed by atoms with Crippen molar-refractivity contribution in [3.63, 3.8) is 0 Å². The Kier molecular flexibility index (Phi) is 4.36. The normalized spacial score (nSPS) is 30.5. The Bertz CT molecular complexity index is 551. The molecule has 1 aliphatic heterocycles. The van der Waals surface area contributed by atoms with Gasteiger partial charge in [-0.3, -0.25) is 9.69 Å². The van der Waals surface area contributed by atoms with E-state index in [1.54, 1.807) is 0 Å². The van der Waals surface area contributed by atoms with Crippen LogP contribution in [0.3, 0.4) is 0 Å². The number of morpholine rings is 1. The largest absolute Gasteiger partial charge is 0.379 e. The summed E-state index contributed by atoms with van der Waals surface area (Å²) in [6, 6.07) is 8.53. The Morgan fingerprint density at radius 1 is 1.13 bits per heavy atom. The van der Waals surface area contributed by atoms with Crippen molar-refractivity contribution in [1.82, 2.24) is 10.2 Å². The highest BCUT2D eigenvalue weighted by molar-refractivity contribution is 5.94. The zero-order chi connectivity index (χ0) is 15.6. The van der Waals surface area contributed by atoms with Crippen LogP contribution in [-0.4, -0.2) is 43.2 Å². The van der Waals surface area contributed by atoms with Crippen LogP contribution in [0.15, 0.2) is 24.3 Å². The molecule has 2 aliphatic carbocycles. The van der Waals surface area contributed by atoms with E-state index in [0.717, 1.165) is 50.2 Å². The summed E-state index contributed by atoms with van der Waals surface area (Å²) < 4.78 is 5.38. The number of nitrogens with zero attached hydrogens (tertiary/aromatic N) is 1. The Morgan fingerprint density at radius 3 is 2.57 bits per heavy atom. The summed E-state index contributed by atoms with van der Waals surface area (Å²) in [4.78, 5) is 14.8. The van der Waals surface area contributed by atoms with Gasteiger partial charge >= 0.3 is 0 Å². The molecule has 4 heteroatoms. The van der Waals surface area contributed by atoms with Gasteiger partial charge in [0.15, 0.2) is 0 Å². The molecule has 3 aliphatic rings. The number of hydrogen-bond acceptors (Lipinski definition) is 3. The van der Waals surface area contributed by atoms with Crippen molar-refractivity contribution < 1.29 is 9.53 Å². The Hall–Kier alpha value is -1.39. The lowest BCUT2D eigenvalue weighted by Gasteiger charge is -2.26.